The molecule has 0 spiro atoms. The Labute approximate surface area is 127 Å². The molecule has 1 atom stereocenters. The van der Waals surface area contributed by atoms with E-state index in [2.05, 4.69) is 27.4 Å². The fourth-order valence-electron chi connectivity index (χ4n) is 2.12. The summed E-state index contributed by atoms with van der Waals surface area (Å²) in [5, 5.41) is 8.77. The molecule has 0 fully saturated rings. The van der Waals surface area contributed by atoms with Crippen LogP contribution in [-0.4, -0.2) is 21.1 Å². The summed E-state index contributed by atoms with van der Waals surface area (Å²) in [5.41, 5.74) is 0.278. The summed E-state index contributed by atoms with van der Waals surface area (Å²) in [6.07, 6.45) is 2.74. The minimum atomic E-state index is -0.474. The highest BCUT2D eigenvalue weighted by Gasteiger charge is 2.16. The van der Waals surface area contributed by atoms with Crippen molar-refractivity contribution in [3.8, 4) is 11.4 Å². The fraction of sp³-hybridized carbons (Fsp3) is 0.400. The molecule has 1 unspecified atom stereocenters. The summed E-state index contributed by atoms with van der Waals surface area (Å²) < 4.78 is 13.5. The zero-order valence-electron chi connectivity index (χ0n) is 12.6. The number of unbranched alkanes of at least 4 members (excludes halogenated alkanes) is 1. The molecular weight excluding hydrogens is 287 g/mol. The van der Waals surface area contributed by atoms with Crippen LogP contribution in [0.15, 0.2) is 23.0 Å². The van der Waals surface area contributed by atoms with Crippen LogP contribution in [0.2, 0.25) is 0 Å². The maximum Gasteiger partial charge on any atom is 0.340 e. The van der Waals surface area contributed by atoms with Crippen molar-refractivity contribution in [2.75, 3.05) is 5.32 Å². The molecule has 0 aliphatic rings. The number of carbonyl (C=O) groups is 1. The number of anilines is 1. The molecule has 2 rings (SSSR count). The Morgan fingerprint density at radius 3 is 2.86 bits per heavy atom. The topological polar surface area (TPSA) is 90.6 Å². The number of carbonyl (C=O) groups excluding carboxylic acids is 1. The van der Waals surface area contributed by atoms with Gasteiger partial charge in [0.15, 0.2) is 5.82 Å². The lowest BCUT2D eigenvalue weighted by Crippen LogP contribution is -2.21. The summed E-state index contributed by atoms with van der Waals surface area (Å²) >= 11 is 0. The third kappa shape index (κ3) is 3.81. The third-order valence-corrected chi connectivity index (χ3v) is 3.43. The first kappa shape index (κ1) is 15.9. The second-order valence-electron chi connectivity index (χ2n) is 5.25. The molecule has 1 aromatic carbocycles. The van der Waals surface area contributed by atoms with Crippen LogP contribution >= 0.6 is 0 Å². The molecule has 6 nitrogen and oxygen atoms in total. The highest BCUT2D eigenvalue weighted by molar-refractivity contribution is 5.95. The van der Waals surface area contributed by atoms with Gasteiger partial charge >= 0.3 is 5.69 Å². The number of aromatic amines is 2. The van der Waals surface area contributed by atoms with Crippen molar-refractivity contribution in [1.29, 1.82) is 0 Å². The Balaban J connectivity index is 2.24. The molecule has 0 aliphatic carbocycles. The first-order valence-corrected chi connectivity index (χ1v) is 7.26. The van der Waals surface area contributed by atoms with E-state index in [1.807, 2.05) is 6.92 Å². The van der Waals surface area contributed by atoms with Crippen molar-refractivity contribution in [3.63, 3.8) is 0 Å². The molecule has 0 aliphatic heterocycles. The number of hydrogen-bond donors (Lipinski definition) is 3. The average molecular weight is 306 g/mol. The molecule has 22 heavy (non-hydrogen) atoms. The summed E-state index contributed by atoms with van der Waals surface area (Å²) in [4.78, 5) is 25.8. The molecule has 0 bridgehead atoms. The predicted octanol–water partition coefficient (Wildman–Crippen LogP) is 2.67. The lowest BCUT2D eigenvalue weighted by Gasteiger charge is -2.14. The zero-order chi connectivity index (χ0) is 16.1. The normalized spacial score (nSPS) is 12.1. The second kappa shape index (κ2) is 7.02. The largest absolute Gasteiger partial charge is 0.340 e. The molecule has 1 heterocycles. The molecule has 2 aromatic rings. The number of halogens is 1. The van der Waals surface area contributed by atoms with E-state index in [-0.39, 0.29) is 23.3 Å². The molecule has 0 saturated carbocycles. The van der Waals surface area contributed by atoms with E-state index in [4.69, 9.17) is 0 Å². The van der Waals surface area contributed by atoms with Crippen LogP contribution in [0, 0.1) is 11.7 Å². The van der Waals surface area contributed by atoms with E-state index in [9.17, 15) is 14.0 Å². The number of amides is 1. The Kier molecular flexibility index (Phi) is 5.08. The van der Waals surface area contributed by atoms with E-state index in [1.165, 1.54) is 18.2 Å². The minimum Gasteiger partial charge on any atom is -0.325 e. The lowest BCUT2D eigenvalue weighted by atomic mass is 10.0. The van der Waals surface area contributed by atoms with Gasteiger partial charge < -0.3 is 5.32 Å². The van der Waals surface area contributed by atoms with Gasteiger partial charge in [-0.15, -0.1) is 0 Å². The van der Waals surface area contributed by atoms with Gasteiger partial charge in [0.1, 0.15) is 5.82 Å². The Morgan fingerprint density at radius 2 is 2.23 bits per heavy atom. The van der Waals surface area contributed by atoms with Crippen molar-refractivity contribution in [3.05, 3.63) is 34.5 Å². The first-order valence-electron chi connectivity index (χ1n) is 7.26. The second-order valence-corrected chi connectivity index (χ2v) is 5.25. The van der Waals surface area contributed by atoms with Crippen LogP contribution in [0.3, 0.4) is 0 Å². The van der Waals surface area contributed by atoms with Crippen LogP contribution in [0.1, 0.15) is 33.1 Å². The minimum absolute atomic E-state index is 0.172. The number of rotatable bonds is 6. The molecular formula is C15H19FN4O2. The van der Waals surface area contributed by atoms with Crippen LogP contribution in [0.25, 0.3) is 11.4 Å². The lowest BCUT2D eigenvalue weighted by molar-refractivity contribution is -0.119. The van der Waals surface area contributed by atoms with E-state index in [0.29, 0.717) is 5.56 Å². The highest BCUT2D eigenvalue weighted by Crippen LogP contribution is 2.26. The number of H-pyrrole nitrogens is 2. The van der Waals surface area contributed by atoms with Crippen LogP contribution in [0.5, 0.6) is 0 Å². The summed E-state index contributed by atoms with van der Waals surface area (Å²) in [6.45, 7) is 3.89. The molecule has 1 aromatic heterocycles. The van der Waals surface area contributed by atoms with Crippen molar-refractivity contribution >= 4 is 11.6 Å². The smallest absolute Gasteiger partial charge is 0.325 e. The predicted molar refractivity (Wildman–Crippen MR) is 81.9 cm³/mol. The Bertz CT molecular complexity index is 708. The first-order chi connectivity index (χ1) is 10.5. The van der Waals surface area contributed by atoms with E-state index < -0.39 is 11.5 Å². The molecule has 0 radical (unpaired) electrons. The van der Waals surface area contributed by atoms with Gasteiger partial charge in [0.2, 0.25) is 5.91 Å². The van der Waals surface area contributed by atoms with Gasteiger partial charge in [-0.2, -0.15) is 5.10 Å². The highest BCUT2D eigenvalue weighted by atomic mass is 19.1. The summed E-state index contributed by atoms with van der Waals surface area (Å²) in [7, 11) is 0. The molecule has 7 heteroatoms. The Morgan fingerprint density at radius 1 is 1.45 bits per heavy atom. The average Bonchev–Trinajstić information content (AvgIpc) is 2.91. The Hall–Kier alpha value is -2.44. The molecule has 1 amide bonds. The van der Waals surface area contributed by atoms with Gasteiger partial charge in [-0.3, -0.25) is 9.78 Å². The standard InChI is InChI=1S/C15H19FN4O2/c1-3-4-5-9(2)14(21)17-12-8-10(16)6-7-11(12)13-18-15(22)20-19-13/h6-9H,3-5H2,1-2H3,(H,17,21)(H2,18,19,20,22). The SMILES string of the molecule is CCCCC(C)C(=O)Nc1cc(F)ccc1-c1n[nH]c(=O)[nH]1. The van der Waals surface area contributed by atoms with Gasteiger partial charge in [-0.1, -0.05) is 26.7 Å². The van der Waals surface area contributed by atoms with Crippen molar-refractivity contribution in [2.45, 2.75) is 33.1 Å². The number of benzene rings is 1. The maximum atomic E-state index is 13.5. The third-order valence-electron chi connectivity index (χ3n) is 3.43. The quantitative estimate of drug-likeness (QED) is 0.766. The number of aromatic nitrogens is 3. The fourth-order valence-corrected chi connectivity index (χ4v) is 2.12. The zero-order valence-corrected chi connectivity index (χ0v) is 12.6. The van der Waals surface area contributed by atoms with Gasteiger partial charge in [0.05, 0.1) is 5.69 Å². The molecule has 3 N–H and O–H groups in total. The summed E-state index contributed by atoms with van der Waals surface area (Å²) in [5.74, 6) is -0.577. The maximum absolute atomic E-state index is 13.5. The van der Waals surface area contributed by atoms with Crippen LogP contribution < -0.4 is 11.0 Å². The van der Waals surface area contributed by atoms with Crippen molar-refractivity contribution < 1.29 is 9.18 Å². The summed E-state index contributed by atoms with van der Waals surface area (Å²) in [6, 6.07) is 3.93. The van der Waals surface area contributed by atoms with Gasteiger partial charge in [0, 0.05) is 11.5 Å². The van der Waals surface area contributed by atoms with Gasteiger partial charge in [-0.05, 0) is 24.6 Å². The number of nitrogens with zero attached hydrogens (tertiary/aromatic N) is 1. The van der Waals surface area contributed by atoms with Gasteiger partial charge in [-0.25, -0.2) is 14.3 Å². The van der Waals surface area contributed by atoms with E-state index >= 15 is 0 Å². The number of hydrogen-bond acceptors (Lipinski definition) is 3. The number of nitrogens with one attached hydrogen (secondary N) is 3. The van der Waals surface area contributed by atoms with Crippen LogP contribution in [0.4, 0.5) is 10.1 Å². The van der Waals surface area contributed by atoms with Gasteiger partial charge in [0.25, 0.3) is 0 Å². The molecule has 118 valence electrons. The van der Waals surface area contributed by atoms with E-state index in [1.54, 1.807) is 0 Å². The van der Waals surface area contributed by atoms with Crippen molar-refractivity contribution in [1.82, 2.24) is 15.2 Å². The monoisotopic (exact) mass is 306 g/mol. The van der Waals surface area contributed by atoms with Crippen molar-refractivity contribution in [2.24, 2.45) is 5.92 Å². The molecule has 0 saturated heterocycles. The van der Waals surface area contributed by atoms with Crippen LogP contribution in [-0.2, 0) is 4.79 Å². The van der Waals surface area contributed by atoms with E-state index in [0.717, 1.165) is 19.3 Å².